The lowest BCUT2D eigenvalue weighted by atomic mass is 10.1. The summed E-state index contributed by atoms with van der Waals surface area (Å²) in [4.78, 5) is 14.3. The highest BCUT2D eigenvalue weighted by molar-refractivity contribution is 5.75. The van der Waals surface area contributed by atoms with Crippen molar-refractivity contribution in [2.45, 2.75) is 59.0 Å². The van der Waals surface area contributed by atoms with Crippen molar-refractivity contribution in [3.05, 3.63) is 35.4 Å². The SMILES string of the molecule is CC(C)CCC(=O)NCc1ccc(CN2CCCCC2)cc1. The number of nitrogens with one attached hydrogen (secondary N) is 1. The molecule has 2 rings (SSSR count). The van der Waals surface area contributed by atoms with Crippen molar-refractivity contribution >= 4 is 5.91 Å². The van der Waals surface area contributed by atoms with Crippen LogP contribution in [0, 0.1) is 5.92 Å². The molecule has 0 radical (unpaired) electrons. The number of carbonyl (C=O) groups excluding carboxylic acids is 1. The van der Waals surface area contributed by atoms with E-state index in [-0.39, 0.29) is 5.91 Å². The fraction of sp³-hybridized carbons (Fsp3) is 0.632. The Morgan fingerprint density at radius 2 is 1.73 bits per heavy atom. The summed E-state index contributed by atoms with van der Waals surface area (Å²) < 4.78 is 0. The monoisotopic (exact) mass is 302 g/mol. The van der Waals surface area contributed by atoms with E-state index in [4.69, 9.17) is 0 Å². The van der Waals surface area contributed by atoms with Gasteiger partial charge in [-0.3, -0.25) is 9.69 Å². The summed E-state index contributed by atoms with van der Waals surface area (Å²) in [6, 6.07) is 8.68. The highest BCUT2D eigenvalue weighted by atomic mass is 16.1. The Bertz CT molecular complexity index is 447. The molecule has 3 nitrogen and oxygen atoms in total. The van der Waals surface area contributed by atoms with E-state index in [1.54, 1.807) is 0 Å². The van der Waals surface area contributed by atoms with Crippen molar-refractivity contribution in [1.82, 2.24) is 10.2 Å². The Balaban J connectivity index is 1.73. The Morgan fingerprint density at radius 3 is 2.36 bits per heavy atom. The molecule has 1 aromatic carbocycles. The summed E-state index contributed by atoms with van der Waals surface area (Å²) in [5, 5.41) is 3.01. The number of carbonyl (C=O) groups is 1. The second-order valence-corrected chi connectivity index (χ2v) is 6.86. The van der Waals surface area contributed by atoms with Gasteiger partial charge in [-0.1, -0.05) is 44.5 Å². The molecule has 1 aliphatic rings. The summed E-state index contributed by atoms with van der Waals surface area (Å²) in [5.74, 6) is 0.742. The first-order chi connectivity index (χ1) is 10.6. The van der Waals surface area contributed by atoms with Crippen LogP contribution in [0.4, 0.5) is 0 Å². The largest absolute Gasteiger partial charge is 0.352 e. The van der Waals surface area contributed by atoms with Crippen molar-refractivity contribution in [3.63, 3.8) is 0 Å². The third-order valence-electron chi connectivity index (χ3n) is 4.32. The quantitative estimate of drug-likeness (QED) is 0.832. The zero-order valence-electron chi connectivity index (χ0n) is 14.1. The predicted octanol–water partition coefficient (Wildman–Crippen LogP) is 3.72. The molecule has 1 amide bonds. The van der Waals surface area contributed by atoms with E-state index in [1.807, 2.05) is 0 Å². The fourth-order valence-corrected chi connectivity index (χ4v) is 2.85. The maximum absolute atomic E-state index is 11.7. The maximum atomic E-state index is 11.7. The molecule has 0 aromatic heterocycles. The van der Waals surface area contributed by atoms with Crippen LogP contribution in [-0.4, -0.2) is 23.9 Å². The Labute approximate surface area is 135 Å². The molecule has 1 aliphatic heterocycles. The Morgan fingerprint density at radius 1 is 1.09 bits per heavy atom. The molecule has 1 heterocycles. The Hall–Kier alpha value is -1.35. The van der Waals surface area contributed by atoms with Crippen molar-refractivity contribution in [2.24, 2.45) is 5.92 Å². The van der Waals surface area contributed by atoms with Gasteiger partial charge in [0, 0.05) is 19.5 Å². The summed E-state index contributed by atoms with van der Waals surface area (Å²) in [6.45, 7) is 8.45. The van der Waals surface area contributed by atoms with Gasteiger partial charge in [0.05, 0.1) is 0 Å². The minimum absolute atomic E-state index is 0.158. The van der Waals surface area contributed by atoms with Gasteiger partial charge in [-0.05, 0) is 49.4 Å². The van der Waals surface area contributed by atoms with Gasteiger partial charge in [0.25, 0.3) is 0 Å². The van der Waals surface area contributed by atoms with Crippen LogP contribution in [0.3, 0.4) is 0 Å². The highest BCUT2D eigenvalue weighted by Gasteiger charge is 2.10. The van der Waals surface area contributed by atoms with Crippen molar-refractivity contribution in [1.29, 1.82) is 0 Å². The summed E-state index contributed by atoms with van der Waals surface area (Å²) in [5.41, 5.74) is 2.55. The molecule has 3 heteroatoms. The second kappa shape index (κ2) is 8.94. The average Bonchev–Trinajstić information content (AvgIpc) is 2.53. The molecule has 1 saturated heterocycles. The molecule has 0 aliphatic carbocycles. The van der Waals surface area contributed by atoms with Gasteiger partial charge in [-0.25, -0.2) is 0 Å². The topological polar surface area (TPSA) is 32.3 Å². The van der Waals surface area contributed by atoms with Gasteiger partial charge in [0.1, 0.15) is 0 Å². The number of hydrogen-bond acceptors (Lipinski definition) is 2. The second-order valence-electron chi connectivity index (χ2n) is 6.86. The molecule has 1 fully saturated rings. The van der Waals surface area contributed by atoms with E-state index in [0.29, 0.717) is 18.9 Å². The number of amides is 1. The first-order valence-electron chi connectivity index (χ1n) is 8.70. The first kappa shape index (κ1) is 17.0. The Kier molecular flexibility index (Phi) is 6.91. The molecule has 0 bridgehead atoms. The maximum Gasteiger partial charge on any atom is 0.220 e. The van der Waals surface area contributed by atoms with E-state index in [9.17, 15) is 4.79 Å². The fourth-order valence-electron chi connectivity index (χ4n) is 2.85. The van der Waals surface area contributed by atoms with Crippen LogP contribution in [0.25, 0.3) is 0 Å². The van der Waals surface area contributed by atoms with E-state index in [1.165, 1.54) is 43.5 Å². The number of hydrogen-bond donors (Lipinski definition) is 1. The van der Waals surface area contributed by atoms with E-state index >= 15 is 0 Å². The minimum Gasteiger partial charge on any atom is -0.352 e. The van der Waals surface area contributed by atoms with Crippen molar-refractivity contribution < 1.29 is 4.79 Å². The van der Waals surface area contributed by atoms with Crippen LogP contribution in [0.5, 0.6) is 0 Å². The predicted molar refractivity (Wildman–Crippen MR) is 91.5 cm³/mol. The lowest BCUT2D eigenvalue weighted by molar-refractivity contribution is -0.121. The number of nitrogens with zero attached hydrogens (tertiary/aromatic N) is 1. The summed E-state index contributed by atoms with van der Waals surface area (Å²) >= 11 is 0. The summed E-state index contributed by atoms with van der Waals surface area (Å²) in [7, 11) is 0. The number of piperidine rings is 1. The van der Waals surface area contributed by atoms with E-state index in [0.717, 1.165) is 13.0 Å². The summed E-state index contributed by atoms with van der Waals surface area (Å²) in [6.07, 6.45) is 5.64. The molecular weight excluding hydrogens is 272 g/mol. The molecule has 0 spiro atoms. The van der Waals surface area contributed by atoms with Gasteiger partial charge in [0.2, 0.25) is 5.91 Å². The molecule has 22 heavy (non-hydrogen) atoms. The standard InChI is InChI=1S/C19H30N2O/c1-16(2)6-11-19(22)20-14-17-7-9-18(10-8-17)15-21-12-4-3-5-13-21/h7-10,16H,3-6,11-15H2,1-2H3,(H,20,22). The zero-order valence-corrected chi connectivity index (χ0v) is 14.1. The zero-order chi connectivity index (χ0) is 15.8. The van der Waals surface area contributed by atoms with Gasteiger partial charge in [-0.15, -0.1) is 0 Å². The lowest BCUT2D eigenvalue weighted by Gasteiger charge is -2.26. The van der Waals surface area contributed by atoms with Gasteiger partial charge in [-0.2, -0.15) is 0 Å². The molecule has 0 atom stereocenters. The third-order valence-corrected chi connectivity index (χ3v) is 4.32. The van der Waals surface area contributed by atoms with Crippen LogP contribution < -0.4 is 5.32 Å². The van der Waals surface area contributed by atoms with Crippen LogP contribution in [0.1, 0.15) is 57.1 Å². The highest BCUT2D eigenvalue weighted by Crippen LogP contribution is 2.13. The lowest BCUT2D eigenvalue weighted by Crippen LogP contribution is -2.29. The van der Waals surface area contributed by atoms with Crippen LogP contribution >= 0.6 is 0 Å². The molecule has 1 N–H and O–H groups in total. The number of benzene rings is 1. The number of likely N-dealkylation sites (tertiary alicyclic amines) is 1. The normalized spacial score (nSPS) is 16.0. The van der Waals surface area contributed by atoms with E-state index in [2.05, 4.69) is 48.3 Å². The van der Waals surface area contributed by atoms with Crippen LogP contribution in [0.2, 0.25) is 0 Å². The molecule has 0 unspecified atom stereocenters. The van der Waals surface area contributed by atoms with E-state index < -0.39 is 0 Å². The molecule has 0 saturated carbocycles. The van der Waals surface area contributed by atoms with Crippen molar-refractivity contribution in [3.8, 4) is 0 Å². The smallest absolute Gasteiger partial charge is 0.220 e. The molecule has 122 valence electrons. The first-order valence-corrected chi connectivity index (χ1v) is 8.70. The van der Waals surface area contributed by atoms with Gasteiger partial charge < -0.3 is 5.32 Å². The molecular formula is C19H30N2O. The average molecular weight is 302 g/mol. The third kappa shape index (κ3) is 6.18. The van der Waals surface area contributed by atoms with Gasteiger partial charge >= 0.3 is 0 Å². The van der Waals surface area contributed by atoms with Crippen molar-refractivity contribution in [2.75, 3.05) is 13.1 Å². The minimum atomic E-state index is 0.158. The van der Waals surface area contributed by atoms with Crippen LogP contribution in [-0.2, 0) is 17.9 Å². The number of rotatable bonds is 7. The molecule has 1 aromatic rings. The van der Waals surface area contributed by atoms with Gasteiger partial charge in [0.15, 0.2) is 0 Å². The van der Waals surface area contributed by atoms with Crippen LogP contribution in [0.15, 0.2) is 24.3 Å².